The van der Waals surface area contributed by atoms with Crippen LogP contribution in [0.1, 0.15) is 122 Å². The highest BCUT2D eigenvalue weighted by molar-refractivity contribution is 5.89. The van der Waals surface area contributed by atoms with Crippen LogP contribution in [0.15, 0.2) is 89.6 Å². The standard InChI is InChI=1S/C43H54/c1-25(2)37-26(3)24-41(13)32(9)42(14)29(6)36-23-20-34(19-16-33-17-21-35(22-18-33)40(10,11)12)27(4)38(36)28(5)39(42)31(8)43(41,15)30(37)7/h16-23,29,32H,1,5,7,24H2,2-4,6,8-15H3/b19-16+/t29-,32+,41+,42-,43-/m1/s1. The number of fused-ring (bicyclic) bond motifs is 3. The van der Waals surface area contributed by atoms with E-state index in [9.17, 15) is 0 Å². The second-order valence-electron chi connectivity index (χ2n) is 15.8. The Morgan fingerprint density at radius 3 is 2.07 bits per heavy atom. The van der Waals surface area contributed by atoms with E-state index < -0.39 is 0 Å². The molecule has 0 unspecified atom stereocenters. The van der Waals surface area contributed by atoms with Gasteiger partial charge in [-0.1, -0.05) is 140 Å². The maximum atomic E-state index is 4.90. The minimum atomic E-state index is -0.167. The lowest BCUT2D eigenvalue weighted by molar-refractivity contribution is -0.0260. The molecule has 0 bridgehead atoms. The molecule has 0 radical (unpaired) electrons. The zero-order chi connectivity index (χ0) is 32.0. The van der Waals surface area contributed by atoms with Crippen molar-refractivity contribution in [2.45, 2.75) is 101 Å². The number of hydrogen-bond acceptors (Lipinski definition) is 0. The second-order valence-corrected chi connectivity index (χ2v) is 15.8. The summed E-state index contributed by atoms with van der Waals surface area (Å²) in [5.41, 5.74) is 17.2. The van der Waals surface area contributed by atoms with Crippen LogP contribution < -0.4 is 0 Å². The van der Waals surface area contributed by atoms with Gasteiger partial charge in [0, 0.05) is 10.8 Å². The van der Waals surface area contributed by atoms with Gasteiger partial charge in [0.2, 0.25) is 0 Å². The molecule has 0 N–H and O–H groups in total. The van der Waals surface area contributed by atoms with Crippen molar-refractivity contribution in [3.05, 3.63) is 123 Å². The summed E-state index contributed by atoms with van der Waals surface area (Å²) in [6.45, 7) is 42.5. The third-order valence-corrected chi connectivity index (χ3v) is 12.8. The van der Waals surface area contributed by atoms with Gasteiger partial charge in [0.15, 0.2) is 0 Å². The van der Waals surface area contributed by atoms with Crippen molar-refractivity contribution in [2.24, 2.45) is 22.2 Å². The maximum Gasteiger partial charge on any atom is 0.0196 e. The Morgan fingerprint density at radius 2 is 1.51 bits per heavy atom. The molecule has 43 heavy (non-hydrogen) atoms. The molecule has 5 rings (SSSR count). The molecule has 2 aromatic rings. The summed E-state index contributed by atoms with van der Waals surface area (Å²) in [4.78, 5) is 0. The van der Waals surface area contributed by atoms with Gasteiger partial charge in [0.25, 0.3) is 0 Å². The van der Waals surface area contributed by atoms with Crippen LogP contribution in [-0.4, -0.2) is 0 Å². The minimum absolute atomic E-state index is 0.0255. The summed E-state index contributed by atoms with van der Waals surface area (Å²) < 4.78 is 0. The van der Waals surface area contributed by atoms with Crippen molar-refractivity contribution >= 4 is 17.7 Å². The molecule has 0 aromatic heterocycles. The molecule has 0 saturated carbocycles. The monoisotopic (exact) mass is 570 g/mol. The van der Waals surface area contributed by atoms with Gasteiger partial charge in [0.1, 0.15) is 0 Å². The molecule has 3 aliphatic rings. The topological polar surface area (TPSA) is 0 Å². The van der Waals surface area contributed by atoms with E-state index in [1.54, 1.807) is 0 Å². The fourth-order valence-electron chi connectivity index (χ4n) is 9.63. The van der Waals surface area contributed by atoms with Crippen LogP contribution in [-0.2, 0) is 5.41 Å². The van der Waals surface area contributed by atoms with E-state index in [0.29, 0.717) is 11.8 Å². The summed E-state index contributed by atoms with van der Waals surface area (Å²) in [7, 11) is 0. The van der Waals surface area contributed by atoms with Crippen molar-refractivity contribution < 1.29 is 0 Å². The van der Waals surface area contributed by atoms with E-state index in [-0.39, 0.29) is 21.7 Å². The van der Waals surface area contributed by atoms with Crippen LogP contribution in [0, 0.1) is 29.1 Å². The second kappa shape index (κ2) is 9.95. The minimum Gasteiger partial charge on any atom is -0.0955 e. The normalized spacial score (nSPS) is 30.9. The fourth-order valence-corrected chi connectivity index (χ4v) is 9.63. The summed E-state index contributed by atoms with van der Waals surface area (Å²) in [5.74, 6) is 0.800. The number of benzene rings is 2. The summed E-state index contributed by atoms with van der Waals surface area (Å²) in [5, 5.41) is 0. The van der Waals surface area contributed by atoms with E-state index >= 15 is 0 Å². The molecular formula is C43H54. The first-order valence-electron chi connectivity index (χ1n) is 16.2. The van der Waals surface area contributed by atoms with Gasteiger partial charge in [-0.3, -0.25) is 0 Å². The Bertz CT molecular complexity index is 1660. The van der Waals surface area contributed by atoms with Crippen LogP contribution in [0.5, 0.6) is 0 Å². The highest BCUT2D eigenvalue weighted by atomic mass is 14.7. The average molecular weight is 571 g/mol. The molecule has 3 aliphatic carbocycles. The average Bonchev–Trinajstić information content (AvgIpc) is 2.92. The van der Waals surface area contributed by atoms with Gasteiger partial charge in [-0.2, -0.15) is 0 Å². The van der Waals surface area contributed by atoms with E-state index in [0.717, 1.165) is 12.0 Å². The molecule has 2 aromatic carbocycles. The predicted octanol–water partition coefficient (Wildman–Crippen LogP) is 12.4. The first-order valence-corrected chi connectivity index (χ1v) is 16.2. The lowest BCUT2D eigenvalue weighted by Gasteiger charge is -2.67. The molecule has 0 amide bonds. The van der Waals surface area contributed by atoms with Gasteiger partial charge < -0.3 is 0 Å². The highest BCUT2D eigenvalue weighted by Gasteiger charge is 2.64. The Morgan fingerprint density at radius 1 is 0.907 bits per heavy atom. The molecule has 226 valence electrons. The van der Waals surface area contributed by atoms with E-state index in [1.807, 2.05) is 0 Å². The van der Waals surface area contributed by atoms with Crippen LogP contribution in [0.3, 0.4) is 0 Å². The molecule has 5 atom stereocenters. The van der Waals surface area contributed by atoms with Gasteiger partial charge in [-0.05, 0) is 112 Å². The number of allylic oxidation sites excluding steroid dienone is 7. The lowest BCUT2D eigenvalue weighted by Crippen LogP contribution is -2.58. The number of rotatable bonds is 3. The highest BCUT2D eigenvalue weighted by Crippen LogP contribution is 2.74. The predicted molar refractivity (Wildman–Crippen MR) is 190 cm³/mol. The van der Waals surface area contributed by atoms with Crippen LogP contribution >= 0.6 is 0 Å². The van der Waals surface area contributed by atoms with Gasteiger partial charge in [-0.25, -0.2) is 0 Å². The SMILES string of the molecule is C=C(C)C1=C(C)C[C@@]2(C)[C@H](C)[C@]3(C)C(=C(C)[C@@]2(C)C1=C)C(=C)c1c(ccc(/C=C/c2ccc(C(C)(C)C)cc2)c1C)[C@H]3C. The van der Waals surface area contributed by atoms with Gasteiger partial charge in [0.05, 0.1) is 0 Å². The molecule has 0 heteroatoms. The molecule has 0 nitrogen and oxygen atoms in total. The molecular weight excluding hydrogens is 516 g/mol. The van der Waals surface area contributed by atoms with E-state index in [4.69, 9.17) is 13.2 Å². The third-order valence-electron chi connectivity index (χ3n) is 12.8. The first-order chi connectivity index (χ1) is 19.8. The van der Waals surface area contributed by atoms with Gasteiger partial charge >= 0.3 is 0 Å². The summed E-state index contributed by atoms with van der Waals surface area (Å²) in [6.07, 6.45) is 5.60. The Balaban J connectivity index is 1.66. The number of hydrogen-bond donors (Lipinski definition) is 0. The molecule has 0 heterocycles. The van der Waals surface area contributed by atoms with Crippen molar-refractivity contribution in [1.29, 1.82) is 0 Å². The fraction of sp³-hybridized carbons (Fsp3) is 0.442. The van der Waals surface area contributed by atoms with Crippen LogP contribution in [0.4, 0.5) is 0 Å². The zero-order valence-corrected chi connectivity index (χ0v) is 29.1. The molecule has 0 saturated heterocycles. The molecule has 0 fully saturated rings. The Labute approximate surface area is 263 Å². The van der Waals surface area contributed by atoms with Crippen molar-refractivity contribution in [3.8, 4) is 0 Å². The molecule has 0 aliphatic heterocycles. The Hall–Kier alpha value is -3.12. The maximum absolute atomic E-state index is 4.90. The summed E-state index contributed by atoms with van der Waals surface area (Å²) in [6, 6.07) is 13.7. The quantitative estimate of drug-likeness (QED) is 0.322. The van der Waals surface area contributed by atoms with E-state index in [1.165, 1.54) is 66.8 Å². The van der Waals surface area contributed by atoms with Crippen molar-refractivity contribution in [2.75, 3.05) is 0 Å². The summed E-state index contributed by atoms with van der Waals surface area (Å²) >= 11 is 0. The third kappa shape index (κ3) is 4.15. The smallest absolute Gasteiger partial charge is 0.0196 e. The van der Waals surface area contributed by atoms with Crippen molar-refractivity contribution in [1.82, 2.24) is 0 Å². The van der Waals surface area contributed by atoms with Crippen LogP contribution in [0.25, 0.3) is 17.7 Å². The zero-order valence-electron chi connectivity index (χ0n) is 29.1. The van der Waals surface area contributed by atoms with Crippen molar-refractivity contribution in [3.63, 3.8) is 0 Å². The van der Waals surface area contributed by atoms with Crippen LogP contribution in [0.2, 0.25) is 0 Å². The molecule has 0 spiro atoms. The lowest BCUT2D eigenvalue weighted by atomic mass is 9.37. The first kappa shape index (κ1) is 31.3. The largest absolute Gasteiger partial charge is 0.0955 e. The van der Waals surface area contributed by atoms with E-state index in [2.05, 4.69) is 138 Å². The van der Waals surface area contributed by atoms with Gasteiger partial charge in [-0.15, -0.1) is 0 Å². The Kier molecular flexibility index (Phi) is 7.24.